The van der Waals surface area contributed by atoms with Gasteiger partial charge in [0.15, 0.2) is 0 Å². The molecule has 0 amide bonds. The smallest absolute Gasteiger partial charge is 0.119 e. The van der Waals surface area contributed by atoms with E-state index in [4.69, 9.17) is 10.5 Å². The Bertz CT molecular complexity index is 269. The minimum atomic E-state index is 0.468. The highest BCUT2D eigenvalue weighted by atomic mass is 16.5. The first-order valence-electron chi connectivity index (χ1n) is 5.15. The van der Waals surface area contributed by atoms with Crippen LogP contribution in [0.25, 0.3) is 0 Å². The van der Waals surface area contributed by atoms with Crippen molar-refractivity contribution >= 4 is 0 Å². The molecule has 0 aliphatic heterocycles. The SMILES string of the molecule is CCC(CN)COc1cccc(C)c1. The fourth-order valence-corrected chi connectivity index (χ4v) is 1.27. The Kier molecular flexibility index (Phi) is 4.47. The van der Waals surface area contributed by atoms with Gasteiger partial charge < -0.3 is 10.5 Å². The average Bonchev–Trinajstić information content (AvgIpc) is 2.19. The van der Waals surface area contributed by atoms with Crippen LogP contribution in [0.2, 0.25) is 0 Å². The van der Waals surface area contributed by atoms with Gasteiger partial charge in [-0.15, -0.1) is 0 Å². The van der Waals surface area contributed by atoms with Gasteiger partial charge in [0.1, 0.15) is 5.75 Å². The summed E-state index contributed by atoms with van der Waals surface area (Å²) in [4.78, 5) is 0. The molecule has 0 radical (unpaired) electrons. The molecule has 0 aliphatic carbocycles. The molecule has 0 aliphatic rings. The Morgan fingerprint density at radius 2 is 2.21 bits per heavy atom. The molecule has 78 valence electrons. The topological polar surface area (TPSA) is 35.2 Å². The summed E-state index contributed by atoms with van der Waals surface area (Å²) in [7, 11) is 0. The lowest BCUT2D eigenvalue weighted by Gasteiger charge is -2.13. The molecule has 1 rings (SSSR count). The van der Waals surface area contributed by atoms with E-state index in [2.05, 4.69) is 19.9 Å². The summed E-state index contributed by atoms with van der Waals surface area (Å²) < 4.78 is 5.65. The molecule has 0 aromatic heterocycles. The molecule has 2 heteroatoms. The highest BCUT2D eigenvalue weighted by molar-refractivity contribution is 5.27. The molecule has 0 fully saturated rings. The van der Waals surface area contributed by atoms with Gasteiger partial charge in [-0.05, 0) is 37.6 Å². The maximum Gasteiger partial charge on any atom is 0.119 e. The van der Waals surface area contributed by atoms with Crippen molar-refractivity contribution in [2.24, 2.45) is 11.7 Å². The number of ether oxygens (including phenoxy) is 1. The van der Waals surface area contributed by atoms with E-state index < -0.39 is 0 Å². The van der Waals surface area contributed by atoms with Crippen molar-refractivity contribution in [3.63, 3.8) is 0 Å². The van der Waals surface area contributed by atoms with Gasteiger partial charge in [0, 0.05) is 5.92 Å². The zero-order valence-electron chi connectivity index (χ0n) is 8.99. The first-order valence-corrected chi connectivity index (χ1v) is 5.15. The summed E-state index contributed by atoms with van der Waals surface area (Å²) in [6, 6.07) is 8.10. The lowest BCUT2D eigenvalue weighted by Crippen LogP contribution is -2.20. The molecule has 0 saturated carbocycles. The molecule has 0 bridgehead atoms. The molecular weight excluding hydrogens is 174 g/mol. The predicted molar refractivity (Wildman–Crippen MR) is 59.5 cm³/mol. The first kappa shape index (κ1) is 11.1. The second kappa shape index (κ2) is 5.66. The highest BCUT2D eigenvalue weighted by Gasteiger charge is 2.04. The van der Waals surface area contributed by atoms with E-state index in [1.807, 2.05) is 18.2 Å². The fourth-order valence-electron chi connectivity index (χ4n) is 1.27. The average molecular weight is 193 g/mol. The summed E-state index contributed by atoms with van der Waals surface area (Å²) in [5.74, 6) is 1.41. The lowest BCUT2D eigenvalue weighted by atomic mass is 10.1. The largest absolute Gasteiger partial charge is 0.493 e. The second-order valence-electron chi connectivity index (χ2n) is 3.64. The second-order valence-corrected chi connectivity index (χ2v) is 3.64. The van der Waals surface area contributed by atoms with Gasteiger partial charge in [-0.3, -0.25) is 0 Å². The van der Waals surface area contributed by atoms with Crippen LogP contribution in [0.5, 0.6) is 5.75 Å². The molecule has 14 heavy (non-hydrogen) atoms. The van der Waals surface area contributed by atoms with E-state index in [9.17, 15) is 0 Å². The quantitative estimate of drug-likeness (QED) is 0.779. The molecule has 1 aromatic carbocycles. The van der Waals surface area contributed by atoms with E-state index in [1.165, 1.54) is 5.56 Å². The molecular formula is C12H19NO. The third-order valence-electron chi connectivity index (χ3n) is 2.39. The van der Waals surface area contributed by atoms with Crippen LogP contribution in [0.4, 0.5) is 0 Å². The predicted octanol–water partition coefficient (Wildman–Crippen LogP) is 2.36. The standard InChI is InChI=1S/C12H19NO/c1-3-11(8-13)9-14-12-6-4-5-10(2)7-12/h4-7,11H,3,8-9,13H2,1-2H3. The van der Waals surface area contributed by atoms with E-state index in [-0.39, 0.29) is 0 Å². The molecule has 0 spiro atoms. The fraction of sp³-hybridized carbons (Fsp3) is 0.500. The van der Waals surface area contributed by atoms with Crippen LogP contribution in [0, 0.1) is 12.8 Å². The number of hydrogen-bond donors (Lipinski definition) is 1. The molecule has 1 unspecified atom stereocenters. The number of benzene rings is 1. The normalized spacial score (nSPS) is 12.5. The zero-order chi connectivity index (χ0) is 10.4. The summed E-state index contributed by atoms with van der Waals surface area (Å²) >= 11 is 0. The van der Waals surface area contributed by atoms with Crippen LogP contribution in [0.3, 0.4) is 0 Å². The summed E-state index contributed by atoms with van der Waals surface area (Å²) in [6.45, 7) is 5.61. The van der Waals surface area contributed by atoms with E-state index in [1.54, 1.807) is 0 Å². The van der Waals surface area contributed by atoms with Gasteiger partial charge in [-0.25, -0.2) is 0 Å². The first-order chi connectivity index (χ1) is 6.76. The van der Waals surface area contributed by atoms with Gasteiger partial charge in [0.25, 0.3) is 0 Å². The third-order valence-corrected chi connectivity index (χ3v) is 2.39. The maximum atomic E-state index is 5.65. The van der Waals surface area contributed by atoms with Crippen LogP contribution < -0.4 is 10.5 Å². The minimum absolute atomic E-state index is 0.468. The highest BCUT2D eigenvalue weighted by Crippen LogP contribution is 2.13. The number of nitrogens with two attached hydrogens (primary N) is 1. The van der Waals surface area contributed by atoms with Crippen molar-refractivity contribution < 1.29 is 4.74 Å². The Balaban J connectivity index is 2.44. The van der Waals surface area contributed by atoms with Gasteiger partial charge in [0.05, 0.1) is 6.61 Å². The van der Waals surface area contributed by atoms with Crippen molar-refractivity contribution in [2.75, 3.05) is 13.2 Å². The van der Waals surface area contributed by atoms with Crippen LogP contribution >= 0.6 is 0 Å². The minimum Gasteiger partial charge on any atom is -0.493 e. The van der Waals surface area contributed by atoms with Gasteiger partial charge >= 0.3 is 0 Å². The Hall–Kier alpha value is -1.02. The maximum absolute atomic E-state index is 5.65. The summed E-state index contributed by atoms with van der Waals surface area (Å²) in [6.07, 6.45) is 1.07. The lowest BCUT2D eigenvalue weighted by molar-refractivity contribution is 0.248. The van der Waals surface area contributed by atoms with Crippen LogP contribution in [-0.2, 0) is 0 Å². The number of aryl methyl sites for hydroxylation is 1. The Morgan fingerprint density at radius 1 is 1.43 bits per heavy atom. The Labute approximate surface area is 86.1 Å². The number of hydrogen-bond acceptors (Lipinski definition) is 2. The zero-order valence-corrected chi connectivity index (χ0v) is 8.99. The summed E-state index contributed by atoms with van der Waals surface area (Å²) in [5, 5.41) is 0. The van der Waals surface area contributed by atoms with E-state index >= 15 is 0 Å². The van der Waals surface area contributed by atoms with E-state index in [0.29, 0.717) is 12.5 Å². The van der Waals surface area contributed by atoms with Crippen LogP contribution in [-0.4, -0.2) is 13.2 Å². The van der Waals surface area contributed by atoms with Crippen molar-refractivity contribution in [1.29, 1.82) is 0 Å². The molecule has 1 atom stereocenters. The van der Waals surface area contributed by atoms with Crippen molar-refractivity contribution in [2.45, 2.75) is 20.3 Å². The molecule has 1 aromatic rings. The van der Waals surface area contributed by atoms with Crippen LogP contribution in [0.1, 0.15) is 18.9 Å². The molecule has 2 N–H and O–H groups in total. The molecule has 0 saturated heterocycles. The Morgan fingerprint density at radius 3 is 2.79 bits per heavy atom. The van der Waals surface area contributed by atoms with Gasteiger partial charge in [0.2, 0.25) is 0 Å². The van der Waals surface area contributed by atoms with E-state index in [0.717, 1.165) is 18.8 Å². The summed E-state index contributed by atoms with van der Waals surface area (Å²) in [5.41, 5.74) is 6.82. The van der Waals surface area contributed by atoms with Crippen molar-refractivity contribution in [3.8, 4) is 5.75 Å². The van der Waals surface area contributed by atoms with Gasteiger partial charge in [-0.2, -0.15) is 0 Å². The molecule has 0 heterocycles. The van der Waals surface area contributed by atoms with Crippen LogP contribution in [0.15, 0.2) is 24.3 Å². The van der Waals surface area contributed by atoms with Gasteiger partial charge in [-0.1, -0.05) is 19.1 Å². The monoisotopic (exact) mass is 193 g/mol. The van der Waals surface area contributed by atoms with Crippen molar-refractivity contribution in [1.82, 2.24) is 0 Å². The molecule has 2 nitrogen and oxygen atoms in total. The van der Waals surface area contributed by atoms with Crippen molar-refractivity contribution in [3.05, 3.63) is 29.8 Å². The third kappa shape index (κ3) is 3.38. The number of rotatable bonds is 5.